The summed E-state index contributed by atoms with van der Waals surface area (Å²) < 4.78 is 0. The van der Waals surface area contributed by atoms with Crippen LogP contribution in [0.1, 0.15) is 21.6 Å². The fraction of sp³-hybridized carbons (Fsp3) is 0.158. The third kappa shape index (κ3) is 2.55. The van der Waals surface area contributed by atoms with Gasteiger partial charge in [0.25, 0.3) is 5.91 Å². The van der Waals surface area contributed by atoms with Crippen molar-refractivity contribution in [3.8, 4) is 10.6 Å². The van der Waals surface area contributed by atoms with Crippen molar-refractivity contribution in [1.82, 2.24) is 4.98 Å². The van der Waals surface area contributed by atoms with E-state index < -0.39 is 0 Å². The van der Waals surface area contributed by atoms with Gasteiger partial charge in [-0.1, -0.05) is 48.0 Å². The van der Waals surface area contributed by atoms with E-state index in [0.717, 1.165) is 29.2 Å². The summed E-state index contributed by atoms with van der Waals surface area (Å²) in [5.74, 6) is -0.00967. The zero-order chi connectivity index (χ0) is 15.8. The van der Waals surface area contributed by atoms with Crippen LogP contribution in [0.5, 0.6) is 0 Å². The highest BCUT2D eigenvalue weighted by Gasteiger charge is 2.26. The summed E-state index contributed by atoms with van der Waals surface area (Å²) in [6, 6.07) is 16.3. The van der Waals surface area contributed by atoms with Crippen LogP contribution in [-0.2, 0) is 6.42 Å². The van der Waals surface area contributed by atoms with Gasteiger partial charge in [0.1, 0.15) is 10.7 Å². The molecule has 3 nitrogen and oxygen atoms in total. The minimum Gasteiger partial charge on any atom is -0.306 e. The van der Waals surface area contributed by atoms with Crippen LogP contribution in [0.25, 0.3) is 10.6 Å². The standard InChI is InChI=1S/C19H16N2OS/c1-13-6-8-15(9-7-13)18-20-16(12-23-18)19(22)21-11-10-14-4-2-3-5-17(14)21/h2-9,12H,10-11H2,1H3. The topological polar surface area (TPSA) is 33.2 Å². The summed E-state index contributed by atoms with van der Waals surface area (Å²) in [7, 11) is 0. The number of aryl methyl sites for hydroxylation is 1. The zero-order valence-corrected chi connectivity index (χ0v) is 13.6. The third-order valence-corrected chi connectivity index (χ3v) is 5.05. The van der Waals surface area contributed by atoms with Gasteiger partial charge in [-0.3, -0.25) is 4.79 Å². The molecule has 1 amide bonds. The van der Waals surface area contributed by atoms with E-state index in [1.807, 2.05) is 40.6 Å². The summed E-state index contributed by atoms with van der Waals surface area (Å²) >= 11 is 1.52. The fourth-order valence-corrected chi connectivity index (χ4v) is 3.69. The van der Waals surface area contributed by atoms with Gasteiger partial charge in [-0.05, 0) is 25.0 Å². The van der Waals surface area contributed by atoms with Crippen LogP contribution in [0.2, 0.25) is 0 Å². The molecule has 1 aliphatic heterocycles. The maximum atomic E-state index is 12.8. The van der Waals surface area contributed by atoms with Crippen molar-refractivity contribution in [2.24, 2.45) is 0 Å². The molecule has 0 atom stereocenters. The maximum Gasteiger partial charge on any atom is 0.277 e. The average molecular weight is 320 g/mol. The molecule has 0 saturated carbocycles. The molecule has 2 heterocycles. The van der Waals surface area contributed by atoms with E-state index in [4.69, 9.17) is 0 Å². The lowest BCUT2D eigenvalue weighted by atomic mass is 10.2. The van der Waals surface area contributed by atoms with Crippen molar-refractivity contribution < 1.29 is 4.79 Å². The number of hydrogen-bond donors (Lipinski definition) is 0. The Morgan fingerprint density at radius 1 is 1.13 bits per heavy atom. The van der Waals surface area contributed by atoms with Crippen LogP contribution >= 0.6 is 11.3 Å². The first-order chi connectivity index (χ1) is 11.2. The van der Waals surface area contributed by atoms with Crippen molar-refractivity contribution in [1.29, 1.82) is 0 Å². The summed E-state index contributed by atoms with van der Waals surface area (Å²) in [4.78, 5) is 19.2. The summed E-state index contributed by atoms with van der Waals surface area (Å²) in [6.45, 7) is 2.79. The van der Waals surface area contributed by atoms with Gasteiger partial charge in [-0.25, -0.2) is 4.98 Å². The second kappa shape index (κ2) is 5.63. The summed E-state index contributed by atoms with van der Waals surface area (Å²) in [5, 5.41) is 2.75. The number of carbonyl (C=O) groups is 1. The fourth-order valence-electron chi connectivity index (χ4n) is 2.89. The molecule has 0 radical (unpaired) electrons. The first-order valence-corrected chi connectivity index (χ1v) is 8.53. The van der Waals surface area contributed by atoms with Crippen LogP contribution in [0.3, 0.4) is 0 Å². The molecule has 0 unspecified atom stereocenters. The number of carbonyl (C=O) groups excluding carboxylic acids is 1. The molecule has 0 N–H and O–H groups in total. The molecule has 4 heteroatoms. The highest BCUT2D eigenvalue weighted by molar-refractivity contribution is 7.13. The minimum atomic E-state index is -0.00967. The van der Waals surface area contributed by atoms with Gasteiger partial charge in [0, 0.05) is 23.2 Å². The quantitative estimate of drug-likeness (QED) is 0.704. The lowest BCUT2D eigenvalue weighted by Gasteiger charge is -2.15. The molecular formula is C19H16N2OS. The Labute approximate surface area is 139 Å². The number of hydrogen-bond acceptors (Lipinski definition) is 3. The van der Waals surface area contributed by atoms with Crippen molar-refractivity contribution in [3.05, 3.63) is 70.7 Å². The molecule has 1 aromatic heterocycles. The molecule has 2 aromatic carbocycles. The summed E-state index contributed by atoms with van der Waals surface area (Å²) in [6.07, 6.45) is 0.914. The first kappa shape index (κ1) is 14.2. The van der Waals surface area contributed by atoms with Crippen molar-refractivity contribution in [2.45, 2.75) is 13.3 Å². The average Bonchev–Trinajstić information content (AvgIpc) is 3.22. The maximum absolute atomic E-state index is 12.8. The Morgan fingerprint density at radius 2 is 1.91 bits per heavy atom. The van der Waals surface area contributed by atoms with Crippen molar-refractivity contribution >= 4 is 22.9 Å². The van der Waals surface area contributed by atoms with Gasteiger partial charge >= 0.3 is 0 Å². The van der Waals surface area contributed by atoms with Gasteiger partial charge in [-0.15, -0.1) is 11.3 Å². The molecule has 0 fully saturated rings. The number of nitrogens with zero attached hydrogens (tertiary/aromatic N) is 2. The molecule has 3 aromatic rings. The number of aromatic nitrogens is 1. The lowest BCUT2D eigenvalue weighted by Crippen LogP contribution is -2.29. The Morgan fingerprint density at radius 3 is 2.74 bits per heavy atom. The lowest BCUT2D eigenvalue weighted by molar-refractivity contribution is 0.0985. The third-order valence-electron chi connectivity index (χ3n) is 4.15. The van der Waals surface area contributed by atoms with Gasteiger partial charge in [0.2, 0.25) is 0 Å². The molecule has 4 rings (SSSR count). The Balaban J connectivity index is 1.62. The molecule has 114 valence electrons. The molecular weight excluding hydrogens is 304 g/mol. The van der Waals surface area contributed by atoms with E-state index in [1.165, 1.54) is 22.5 Å². The van der Waals surface area contributed by atoms with E-state index in [0.29, 0.717) is 5.69 Å². The molecule has 23 heavy (non-hydrogen) atoms. The van der Waals surface area contributed by atoms with Gasteiger partial charge in [-0.2, -0.15) is 0 Å². The number of amides is 1. The van der Waals surface area contributed by atoms with E-state index in [9.17, 15) is 4.79 Å². The Kier molecular flexibility index (Phi) is 3.46. The van der Waals surface area contributed by atoms with Gasteiger partial charge in [0.05, 0.1) is 0 Å². The number of anilines is 1. The smallest absolute Gasteiger partial charge is 0.277 e. The largest absolute Gasteiger partial charge is 0.306 e. The van der Waals surface area contributed by atoms with Crippen molar-refractivity contribution in [2.75, 3.05) is 11.4 Å². The SMILES string of the molecule is Cc1ccc(-c2nc(C(=O)N3CCc4ccccc43)cs2)cc1. The minimum absolute atomic E-state index is 0.00967. The predicted octanol–water partition coefficient (Wildman–Crippen LogP) is 4.32. The number of rotatable bonds is 2. The van der Waals surface area contributed by atoms with Crippen LogP contribution in [0.4, 0.5) is 5.69 Å². The van der Waals surface area contributed by atoms with Crippen LogP contribution in [-0.4, -0.2) is 17.4 Å². The monoisotopic (exact) mass is 320 g/mol. The predicted molar refractivity (Wildman–Crippen MR) is 94.1 cm³/mol. The molecule has 1 aliphatic rings. The van der Waals surface area contributed by atoms with Crippen LogP contribution in [0, 0.1) is 6.92 Å². The molecule has 0 bridgehead atoms. The highest BCUT2D eigenvalue weighted by Crippen LogP contribution is 2.30. The van der Waals surface area contributed by atoms with Gasteiger partial charge in [0.15, 0.2) is 0 Å². The van der Waals surface area contributed by atoms with E-state index in [-0.39, 0.29) is 5.91 Å². The number of para-hydroxylation sites is 1. The molecule has 0 spiro atoms. The second-order valence-electron chi connectivity index (χ2n) is 5.74. The Bertz CT molecular complexity index is 867. The number of benzene rings is 2. The number of thiazole rings is 1. The molecule has 0 saturated heterocycles. The van der Waals surface area contributed by atoms with Crippen LogP contribution < -0.4 is 4.90 Å². The van der Waals surface area contributed by atoms with Crippen LogP contribution in [0.15, 0.2) is 53.9 Å². The first-order valence-electron chi connectivity index (χ1n) is 7.65. The Hall–Kier alpha value is -2.46. The van der Waals surface area contributed by atoms with Crippen molar-refractivity contribution in [3.63, 3.8) is 0 Å². The van der Waals surface area contributed by atoms with E-state index in [1.54, 1.807) is 0 Å². The van der Waals surface area contributed by atoms with Gasteiger partial charge < -0.3 is 4.90 Å². The van der Waals surface area contributed by atoms with E-state index >= 15 is 0 Å². The van der Waals surface area contributed by atoms with E-state index in [2.05, 4.69) is 30.1 Å². The zero-order valence-electron chi connectivity index (χ0n) is 12.8. The second-order valence-corrected chi connectivity index (χ2v) is 6.60. The molecule has 0 aliphatic carbocycles. The number of fused-ring (bicyclic) bond motifs is 1. The summed E-state index contributed by atoms with van der Waals surface area (Å²) in [5.41, 5.74) is 5.05. The normalized spacial score (nSPS) is 13.2. The highest BCUT2D eigenvalue weighted by atomic mass is 32.1.